The number of nitrogens with one attached hydrogen (secondary N) is 1. The third-order valence-electron chi connectivity index (χ3n) is 2.64. The summed E-state index contributed by atoms with van der Waals surface area (Å²) in [5, 5.41) is 4.47. The molecule has 0 unspecified atom stereocenters. The van der Waals surface area contributed by atoms with Crippen LogP contribution in [-0.4, -0.2) is 11.5 Å². The Labute approximate surface area is 107 Å². The van der Waals surface area contributed by atoms with E-state index < -0.39 is 0 Å². The molecular weight excluding hydrogens is 284 g/mol. The maximum atomic E-state index is 4.65. The van der Waals surface area contributed by atoms with Crippen molar-refractivity contribution in [3.63, 3.8) is 0 Å². The van der Waals surface area contributed by atoms with E-state index in [4.69, 9.17) is 0 Å². The Bertz CT molecular complexity index is 498. The number of aromatic nitrogens is 1. The summed E-state index contributed by atoms with van der Waals surface area (Å²) in [6.07, 6.45) is 2.38. The van der Waals surface area contributed by atoms with Crippen molar-refractivity contribution in [2.45, 2.75) is 12.8 Å². The lowest BCUT2D eigenvalue weighted by molar-refractivity contribution is 0.837. The van der Waals surface area contributed by atoms with Crippen LogP contribution in [0.15, 0.2) is 28.7 Å². The molecule has 1 aromatic carbocycles. The van der Waals surface area contributed by atoms with Gasteiger partial charge in [-0.15, -0.1) is 11.3 Å². The lowest BCUT2D eigenvalue weighted by atomic mass is 10.2. The molecule has 1 aromatic heterocycles. The van der Waals surface area contributed by atoms with Gasteiger partial charge in [0.15, 0.2) is 0 Å². The largest absolute Gasteiger partial charge is 0.369 e. The molecular formula is C12H11BrN2S. The molecule has 2 aromatic rings. The van der Waals surface area contributed by atoms with Gasteiger partial charge >= 0.3 is 0 Å². The normalized spacial score (nSPS) is 14.3. The summed E-state index contributed by atoms with van der Waals surface area (Å²) in [7, 11) is 0. The fourth-order valence-electron chi connectivity index (χ4n) is 1.86. The first-order chi connectivity index (χ1) is 7.83. The zero-order valence-corrected chi connectivity index (χ0v) is 11.1. The van der Waals surface area contributed by atoms with Crippen LogP contribution >= 0.6 is 27.3 Å². The van der Waals surface area contributed by atoms with Gasteiger partial charge in [-0.2, -0.15) is 0 Å². The number of halogens is 1. The molecule has 1 aliphatic heterocycles. The Morgan fingerprint density at radius 2 is 2.31 bits per heavy atom. The Morgan fingerprint density at radius 3 is 3.12 bits per heavy atom. The van der Waals surface area contributed by atoms with Gasteiger partial charge in [-0.3, -0.25) is 0 Å². The van der Waals surface area contributed by atoms with E-state index in [1.165, 1.54) is 16.9 Å². The molecule has 1 N–H and O–H groups in total. The van der Waals surface area contributed by atoms with Crippen molar-refractivity contribution in [3.8, 4) is 10.6 Å². The van der Waals surface area contributed by atoms with Crippen molar-refractivity contribution in [1.29, 1.82) is 0 Å². The van der Waals surface area contributed by atoms with Crippen molar-refractivity contribution < 1.29 is 0 Å². The second-order valence-electron chi connectivity index (χ2n) is 3.83. The molecule has 0 aliphatic carbocycles. The summed E-state index contributed by atoms with van der Waals surface area (Å²) in [4.78, 5) is 6.04. The Balaban J connectivity index is 2.03. The number of fused-ring (bicyclic) bond motifs is 1. The van der Waals surface area contributed by atoms with Crippen LogP contribution in [0.4, 0.5) is 5.82 Å². The molecule has 82 valence electrons. The van der Waals surface area contributed by atoms with E-state index in [9.17, 15) is 0 Å². The van der Waals surface area contributed by atoms with Gasteiger partial charge in [-0.1, -0.05) is 28.1 Å². The number of thiazole rings is 1. The quantitative estimate of drug-likeness (QED) is 0.862. The highest BCUT2D eigenvalue weighted by atomic mass is 79.9. The van der Waals surface area contributed by atoms with Crippen molar-refractivity contribution in [1.82, 2.24) is 4.98 Å². The number of rotatable bonds is 1. The molecule has 0 saturated heterocycles. The SMILES string of the molecule is Brc1cccc(-c2nc3c(s2)CCCN3)c1. The van der Waals surface area contributed by atoms with Crippen LogP contribution < -0.4 is 5.32 Å². The van der Waals surface area contributed by atoms with Gasteiger partial charge in [0.25, 0.3) is 0 Å². The second-order valence-corrected chi connectivity index (χ2v) is 5.83. The van der Waals surface area contributed by atoms with Gasteiger partial charge in [0.2, 0.25) is 0 Å². The molecule has 4 heteroatoms. The molecule has 0 bridgehead atoms. The number of hydrogen-bond donors (Lipinski definition) is 1. The average Bonchev–Trinajstić information content (AvgIpc) is 2.72. The number of nitrogens with zero attached hydrogens (tertiary/aromatic N) is 1. The van der Waals surface area contributed by atoms with Crippen LogP contribution in [0.2, 0.25) is 0 Å². The van der Waals surface area contributed by atoms with Crippen molar-refractivity contribution in [2.75, 3.05) is 11.9 Å². The van der Waals surface area contributed by atoms with E-state index in [-0.39, 0.29) is 0 Å². The van der Waals surface area contributed by atoms with E-state index in [0.29, 0.717) is 0 Å². The van der Waals surface area contributed by atoms with Crippen LogP contribution in [0.1, 0.15) is 11.3 Å². The standard InChI is InChI=1S/C12H11BrN2S/c13-9-4-1-3-8(7-9)12-15-11-10(16-12)5-2-6-14-11/h1,3-4,7,14H,2,5-6H2. The molecule has 0 radical (unpaired) electrons. The van der Waals surface area contributed by atoms with Crippen LogP contribution in [-0.2, 0) is 6.42 Å². The third-order valence-corrected chi connectivity index (χ3v) is 4.30. The molecule has 2 nitrogen and oxygen atoms in total. The lowest BCUT2D eigenvalue weighted by Gasteiger charge is -2.10. The fourth-order valence-corrected chi connectivity index (χ4v) is 3.34. The van der Waals surface area contributed by atoms with E-state index in [0.717, 1.165) is 28.3 Å². The number of benzene rings is 1. The Morgan fingerprint density at radius 1 is 1.38 bits per heavy atom. The predicted octanol–water partition coefficient (Wildman–Crippen LogP) is 3.93. The van der Waals surface area contributed by atoms with Crippen LogP contribution in [0.5, 0.6) is 0 Å². The van der Waals surface area contributed by atoms with Crippen molar-refractivity contribution in [2.24, 2.45) is 0 Å². The summed E-state index contributed by atoms with van der Waals surface area (Å²) in [6.45, 7) is 1.05. The maximum Gasteiger partial charge on any atom is 0.140 e. The molecule has 0 fully saturated rings. The minimum absolute atomic E-state index is 1.05. The first-order valence-corrected chi connectivity index (χ1v) is 6.93. The highest BCUT2D eigenvalue weighted by Crippen LogP contribution is 2.34. The number of hydrogen-bond acceptors (Lipinski definition) is 3. The van der Waals surface area contributed by atoms with Gasteiger partial charge in [0, 0.05) is 21.5 Å². The van der Waals surface area contributed by atoms with Gasteiger partial charge in [-0.05, 0) is 25.0 Å². The third kappa shape index (κ3) is 1.87. The summed E-state index contributed by atoms with van der Waals surface area (Å²) < 4.78 is 1.10. The van der Waals surface area contributed by atoms with Gasteiger partial charge in [-0.25, -0.2) is 4.98 Å². The van der Waals surface area contributed by atoms with Gasteiger partial charge < -0.3 is 5.32 Å². The lowest BCUT2D eigenvalue weighted by Crippen LogP contribution is -2.09. The summed E-state index contributed by atoms with van der Waals surface area (Å²) in [5.74, 6) is 1.09. The highest BCUT2D eigenvalue weighted by Gasteiger charge is 2.15. The number of anilines is 1. The molecule has 0 spiro atoms. The minimum Gasteiger partial charge on any atom is -0.369 e. The van der Waals surface area contributed by atoms with Crippen LogP contribution in [0.25, 0.3) is 10.6 Å². The van der Waals surface area contributed by atoms with E-state index in [1.54, 1.807) is 11.3 Å². The Hall–Kier alpha value is -0.870. The van der Waals surface area contributed by atoms with Crippen LogP contribution in [0, 0.1) is 0 Å². The first kappa shape index (κ1) is 10.3. The van der Waals surface area contributed by atoms with Gasteiger partial charge in [0.05, 0.1) is 0 Å². The van der Waals surface area contributed by atoms with Crippen molar-refractivity contribution in [3.05, 3.63) is 33.6 Å². The summed E-state index contributed by atoms with van der Waals surface area (Å²) >= 11 is 5.30. The molecule has 0 saturated carbocycles. The van der Waals surface area contributed by atoms with E-state index >= 15 is 0 Å². The minimum atomic E-state index is 1.05. The maximum absolute atomic E-state index is 4.65. The molecule has 2 heterocycles. The smallest absolute Gasteiger partial charge is 0.140 e. The topological polar surface area (TPSA) is 24.9 Å². The average molecular weight is 295 g/mol. The molecule has 0 atom stereocenters. The van der Waals surface area contributed by atoms with Crippen molar-refractivity contribution >= 4 is 33.1 Å². The summed E-state index contributed by atoms with van der Waals surface area (Å²) in [6, 6.07) is 8.31. The first-order valence-electron chi connectivity index (χ1n) is 5.32. The highest BCUT2D eigenvalue weighted by molar-refractivity contribution is 9.10. The fraction of sp³-hybridized carbons (Fsp3) is 0.250. The van der Waals surface area contributed by atoms with Crippen LogP contribution in [0.3, 0.4) is 0 Å². The monoisotopic (exact) mass is 294 g/mol. The second kappa shape index (κ2) is 4.18. The summed E-state index contributed by atoms with van der Waals surface area (Å²) in [5.41, 5.74) is 1.19. The zero-order valence-electron chi connectivity index (χ0n) is 8.66. The molecule has 1 aliphatic rings. The zero-order chi connectivity index (χ0) is 11.0. The molecule has 0 amide bonds. The number of aryl methyl sites for hydroxylation is 1. The predicted molar refractivity (Wildman–Crippen MR) is 72.1 cm³/mol. The molecule has 16 heavy (non-hydrogen) atoms. The van der Waals surface area contributed by atoms with E-state index in [2.05, 4.69) is 38.4 Å². The molecule has 3 rings (SSSR count). The van der Waals surface area contributed by atoms with Gasteiger partial charge in [0.1, 0.15) is 10.8 Å². The van der Waals surface area contributed by atoms with E-state index in [1.807, 2.05) is 12.1 Å². The Kier molecular flexibility index (Phi) is 2.69.